The van der Waals surface area contributed by atoms with Crippen LogP contribution in [0.3, 0.4) is 0 Å². The number of aryl methyl sites for hydroxylation is 1. The lowest BCUT2D eigenvalue weighted by Crippen LogP contribution is -2.11. The Balaban J connectivity index is 2.54. The van der Waals surface area contributed by atoms with E-state index in [1.54, 1.807) is 0 Å². The number of rotatable bonds is 0. The summed E-state index contributed by atoms with van der Waals surface area (Å²) in [5.41, 5.74) is 13.8. The van der Waals surface area contributed by atoms with E-state index in [9.17, 15) is 0 Å². The van der Waals surface area contributed by atoms with Gasteiger partial charge >= 0.3 is 0 Å². The number of hydrogen-bond donors (Lipinski definition) is 2. The Morgan fingerprint density at radius 1 is 1.25 bits per heavy atom. The zero-order valence-corrected chi connectivity index (χ0v) is 6.84. The normalized spacial score (nSPS) is 15.0. The van der Waals surface area contributed by atoms with Crippen LogP contribution in [0.5, 0.6) is 5.75 Å². The molecule has 0 saturated heterocycles. The molecule has 2 rings (SSSR count). The van der Waals surface area contributed by atoms with Crippen LogP contribution in [0.4, 0.5) is 11.4 Å². The van der Waals surface area contributed by atoms with Gasteiger partial charge in [-0.25, -0.2) is 0 Å². The van der Waals surface area contributed by atoms with E-state index in [-0.39, 0.29) is 0 Å². The summed E-state index contributed by atoms with van der Waals surface area (Å²) in [6.45, 7) is 0.751. The fourth-order valence-electron chi connectivity index (χ4n) is 1.46. The lowest BCUT2D eigenvalue weighted by Gasteiger charge is -2.19. The second kappa shape index (κ2) is 2.59. The molecule has 0 saturated carbocycles. The summed E-state index contributed by atoms with van der Waals surface area (Å²) in [6, 6.07) is 3.82. The lowest BCUT2D eigenvalue weighted by molar-refractivity contribution is 0.290. The number of nitrogen functional groups attached to an aromatic ring is 2. The predicted molar refractivity (Wildman–Crippen MR) is 49.1 cm³/mol. The molecule has 0 fully saturated rings. The van der Waals surface area contributed by atoms with Gasteiger partial charge in [-0.15, -0.1) is 0 Å². The van der Waals surface area contributed by atoms with Crippen LogP contribution in [0.25, 0.3) is 0 Å². The second-order valence-corrected chi connectivity index (χ2v) is 3.01. The highest BCUT2D eigenvalue weighted by Gasteiger charge is 2.14. The molecule has 3 heteroatoms. The van der Waals surface area contributed by atoms with Gasteiger partial charge in [-0.2, -0.15) is 0 Å². The standard InChI is InChI=1S/C9H12N2O/c10-7-4-3-6-2-1-5-12-9(6)8(7)11/h3-4H,1-2,5,10-11H2. The summed E-state index contributed by atoms with van der Waals surface area (Å²) in [5, 5.41) is 0. The number of fused-ring (bicyclic) bond motifs is 1. The van der Waals surface area contributed by atoms with Crippen LogP contribution in [-0.2, 0) is 6.42 Å². The van der Waals surface area contributed by atoms with E-state index in [0.717, 1.165) is 25.2 Å². The Morgan fingerprint density at radius 2 is 2.08 bits per heavy atom. The second-order valence-electron chi connectivity index (χ2n) is 3.01. The van der Waals surface area contributed by atoms with Crippen LogP contribution >= 0.6 is 0 Å². The molecule has 0 spiro atoms. The number of hydrogen-bond acceptors (Lipinski definition) is 3. The van der Waals surface area contributed by atoms with Crippen molar-refractivity contribution in [2.45, 2.75) is 12.8 Å². The van der Waals surface area contributed by atoms with Crippen molar-refractivity contribution in [3.05, 3.63) is 17.7 Å². The molecule has 12 heavy (non-hydrogen) atoms. The van der Waals surface area contributed by atoms with Gasteiger partial charge in [0, 0.05) is 0 Å². The third-order valence-electron chi connectivity index (χ3n) is 2.15. The van der Waals surface area contributed by atoms with Crippen LogP contribution < -0.4 is 16.2 Å². The van der Waals surface area contributed by atoms with Gasteiger partial charge in [0.15, 0.2) is 0 Å². The van der Waals surface area contributed by atoms with Gasteiger partial charge in [0.2, 0.25) is 0 Å². The first-order chi connectivity index (χ1) is 5.79. The van der Waals surface area contributed by atoms with Gasteiger partial charge in [-0.05, 0) is 24.5 Å². The summed E-state index contributed by atoms with van der Waals surface area (Å²) >= 11 is 0. The minimum Gasteiger partial charge on any atom is -0.491 e. The van der Waals surface area contributed by atoms with Crippen molar-refractivity contribution in [2.24, 2.45) is 0 Å². The third kappa shape index (κ3) is 0.978. The number of anilines is 2. The Hall–Kier alpha value is -1.38. The van der Waals surface area contributed by atoms with E-state index in [1.807, 2.05) is 12.1 Å². The van der Waals surface area contributed by atoms with Gasteiger partial charge in [0.05, 0.1) is 18.0 Å². The molecule has 0 atom stereocenters. The highest BCUT2D eigenvalue weighted by Crippen LogP contribution is 2.34. The molecule has 1 aliphatic rings. The molecule has 0 aromatic heterocycles. The first-order valence-electron chi connectivity index (χ1n) is 4.08. The van der Waals surface area contributed by atoms with E-state index in [2.05, 4.69) is 0 Å². The first kappa shape index (κ1) is 7.28. The quantitative estimate of drug-likeness (QED) is 0.566. The smallest absolute Gasteiger partial charge is 0.147 e. The lowest BCUT2D eigenvalue weighted by atomic mass is 10.0. The van der Waals surface area contributed by atoms with Crippen molar-refractivity contribution in [3.8, 4) is 5.75 Å². The predicted octanol–water partition coefficient (Wildman–Crippen LogP) is 1.18. The number of ether oxygens (including phenoxy) is 1. The van der Waals surface area contributed by atoms with Crippen LogP contribution in [0.1, 0.15) is 12.0 Å². The zero-order chi connectivity index (χ0) is 8.55. The van der Waals surface area contributed by atoms with Crippen molar-refractivity contribution >= 4 is 11.4 Å². The van der Waals surface area contributed by atoms with E-state index in [1.165, 1.54) is 5.56 Å². The van der Waals surface area contributed by atoms with Crippen LogP contribution in [0.15, 0.2) is 12.1 Å². The Morgan fingerprint density at radius 3 is 2.92 bits per heavy atom. The maximum Gasteiger partial charge on any atom is 0.147 e. The van der Waals surface area contributed by atoms with Gasteiger partial charge in [-0.1, -0.05) is 6.07 Å². The molecule has 4 N–H and O–H groups in total. The molecule has 64 valence electrons. The number of benzene rings is 1. The minimum atomic E-state index is 0.590. The maximum absolute atomic E-state index is 5.75. The molecule has 0 aliphatic carbocycles. The SMILES string of the molecule is Nc1ccc2c(c1N)OCCC2. The average Bonchev–Trinajstić information content (AvgIpc) is 2.12. The molecular formula is C9H12N2O. The van der Waals surface area contributed by atoms with Crippen molar-refractivity contribution in [1.82, 2.24) is 0 Å². The zero-order valence-electron chi connectivity index (χ0n) is 6.84. The summed E-state index contributed by atoms with van der Waals surface area (Å²) in [5.74, 6) is 0.793. The van der Waals surface area contributed by atoms with Crippen molar-refractivity contribution in [1.29, 1.82) is 0 Å². The third-order valence-corrected chi connectivity index (χ3v) is 2.15. The van der Waals surface area contributed by atoms with Crippen LogP contribution in [0, 0.1) is 0 Å². The average molecular weight is 164 g/mol. The molecule has 0 radical (unpaired) electrons. The summed E-state index contributed by atoms with van der Waals surface area (Å²) in [4.78, 5) is 0. The largest absolute Gasteiger partial charge is 0.491 e. The Kier molecular flexibility index (Phi) is 1.57. The van der Waals surface area contributed by atoms with Crippen molar-refractivity contribution in [2.75, 3.05) is 18.1 Å². The fraction of sp³-hybridized carbons (Fsp3) is 0.333. The summed E-state index contributed by atoms with van der Waals surface area (Å²) < 4.78 is 5.43. The van der Waals surface area contributed by atoms with Gasteiger partial charge in [-0.3, -0.25) is 0 Å². The number of nitrogens with two attached hydrogens (primary N) is 2. The van der Waals surface area contributed by atoms with Crippen molar-refractivity contribution in [3.63, 3.8) is 0 Å². The molecule has 1 heterocycles. The molecule has 0 amide bonds. The minimum absolute atomic E-state index is 0.590. The van der Waals surface area contributed by atoms with E-state index in [4.69, 9.17) is 16.2 Å². The summed E-state index contributed by atoms with van der Waals surface area (Å²) in [7, 11) is 0. The van der Waals surface area contributed by atoms with Crippen molar-refractivity contribution < 1.29 is 4.74 Å². The molecule has 1 aromatic rings. The Bertz CT molecular complexity index is 310. The van der Waals surface area contributed by atoms with Crippen LogP contribution in [0.2, 0.25) is 0 Å². The van der Waals surface area contributed by atoms with Gasteiger partial charge < -0.3 is 16.2 Å². The monoisotopic (exact) mass is 164 g/mol. The van der Waals surface area contributed by atoms with E-state index < -0.39 is 0 Å². The maximum atomic E-state index is 5.75. The fourth-order valence-corrected chi connectivity index (χ4v) is 1.46. The highest BCUT2D eigenvalue weighted by molar-refractivity contribution is 5.73. The molecule has 3 nitrogen and oxygen atoms in total. The molecule has 1 aliphatic heterocycles. The molecule has 0 bridgehead atoms. The van der Waals surface area contributed by atoms with Gasteiger partial charge in [0.25, 0.3) is 0 Å². The molecular weight excluding hydrogens is 152 g/mol. The highest BCUT2D eigenvalue weighted by atomic mass is 16.5. The molecule has 0 unspecified atom stereocenters. The first-order valence-corrected chi connectivity index (χ1v) is 4.08. The van der Waals surface area contributed by atoms with Gasteiger partial charge in [0.1, 0.15) is 5.75 Å². The Labute approximate surface area is 71.3 Å². The topological polar surface area (TPSA) is 61.3 Å². The summed E-state index contributed by atoms with van der Waals surface area (Å²) in [6.07, 6.45) is 2.11. The van der Waals surface area contributed by atoms with E-state index >= 15 is 0 Å². The van der Waals surface area contributed by atoms with Crippen LogP contribution in [-0.4, -0.2) is 6.61 Å². The van der Waals surface area contributed by atoms with E-state index in [0.29, 0.717) is 11.4 Å². The molecule has 1 aromatic carbocycles.